The van der Waals surface area contributed by atoms with E-state index in [1.807, 2.05) is 13.1 Å². The molecule has 4 aliphatic heterocycles. The summed E-state index contributed by atoms with van der Waals surface area (Å²) >= 11 is 0. The number of anilines is 1. The van der Waals surface area contributed by atoms with Crippen molar-refractivity contribution in [1.82, 2.24) is 24.7 Å². The normalized spacial score (nSPS) is 20.9. The second-order valence-electron chi connectivity index (χ2n) is 20.0. The number of benzene rings is 1. The number of rotatable bonds is 16. The Morgan fingerprint density at radius 3 is 2.37 bits per heavy atom. The summed E-state index contributed by atoms with van der Waals surface area (Å²) in [7, 11) is 3.86. The first-order chi connectivity index (χ1) is 29.8. The summed E-state index contributed by atoms with van der Waals surface area (Å²) in [5, 5.41) is 4.01. The predicted molar refractivity (Wildman–Crippen MR) is 241 cm³/mol. The molecule has 0 bridgehead atoms. The monoisotopic (exact) mass is 875 g/mol. The number of likely N-dealkylation sites (N-methyl/N-ethyl adjacent to an activating group) is 1. The lowest BCUT2D eigenvalue weighted by Gasteiger charge is -2.59. The third-order valence-corrected chi connectivity index (χ3v) is 13.0. The number of amides is 1. The standard InChI is InChI=1S/C48H70N6O9/c1-12-54-38-15-14-34(52-16-17-61-39(24-52)43(53-25-48(26-53)28-59-29-48)41(44(56)60-13-2)50-45(57)63-46(5,6)7)19-35(38)37(20-47(8,9)27-62-31(4)55)42(54)36-18-32(33-22-51(10)23-33)21-49-40(36)30(3)58-11/h14-15,18-19,21,30,33,39,41,43H,12-13,16-17,20,22-29H2,1-11H3,(H,50,57)/t30-,39+,41-,43+/m0/s1. The van der Waals surface area contributed by atoms with E-state index in [4.69, 9.17) is 33.4 Å². The van der Waals surface area contributed by atoms with Gasteiger partial charge < -0.3 is 48.1 Å². The second-order valence-corrected chi connectivity index (χ2v) is 20.0. The number of esters is 2. The molecule has 15 heteroatoms. The number of ether oxygens (including phenoxy) is 6. The first kappa shape index (κ1) is 46.7. The first-order valence-corrected chi connectivity index (χ1v) is 22.7. The van der Waals surface area contributed by atoms with Gasteiger partial charge in [-0.05, 0) is 90.4 Å². The highest BCUT2D eigenvalue weighted by Crippen LogP contribution is 2.44. The average Bonchev–Trinajstić information content (AvgIpc) is 3.49. The highest BCUT2D eigenvalue weighted by molar-refractivity contribution is 5.95. The van der Waals surface area contributed by atoms with E-state index >= 15 is 0 Å². The summed E-state index contributed by atoms with van der Waals surface area (Å²) < 4.78 is 37.5. The molecule has 0 unspecified atom stereocenters. The lowest BCUT2D eigenvalue weighted by atomic mass is 9.75. The van der Waals surface area contributed by atoms with Crippen molar-refractivity contribution in [2.45, 2.75) is 111 Å². The van der Waals surface area contributed by atoms with E-state index in [9.17, 15) is 14.4 Å². The number of morpholine rings is 1. The lowest BCUT2D eigenvalue weighted by molar-refractivity contribution is -0.213. The molecule has 0 radical (unpaired) electrons. The van der Waals surface area contributed by atoms with Crippen LogP contribution < -0.4 is 10.2 Å². The number of aryl methyl sites for hydroxylation is 1. The Bertz CT molecular complexity index is 2130. The summed E-state index contributed by atoms with van der Waals surface area (Å²) in [6.45, 7) is 24.5. The maximum absolute atomic E-state index is 13.9. The van der Waals surface area contributed by atoms with Crippen LogP contribution in [-0.2, 0) is 51.0 Å². The zero-order valence-electron chi connectivity index (χ0n) is 39.4. The van der Waals surface area contributed by atoms with Crippen molar-refractivity contribution in [3.8, 4) is 11.3 Å². The Kier molecular flexibility index (Phi) is 13.8. The van der Waals surface area contributed by atoms with Gasteiger partial charge in [-0.25, -0.2) is 9.59 Å². The lowest BCUT2D eigenvalue weighted by Crippen LogP contribution is -2.74. The molecule has 346 valence electrons. The van der Waals surface area contributed by atoms with Crippen molar-refractivity contribution < 1.29 is 42.8 Å². The molecule has 6 heterocycles. The Balaban J connectivity index is 1.30. The quantitative estimate of drug-likeness (QED) is 0.134. The van der Waals surface area contributed by atoms with Gasteiger partial charge in [-0.1, -0.05) is 13.8 Å². The maximum Gasteiger partial charge on any atom is 0.408 e. The summed E-state index contributed by atoms with van der Waals surface area (Å²) in [6, 6.07) is 7.42. The third kappa shape index (κ3) is 10.2. The molecule has 7 rings (SSSR count). The molecule has 2 aromatic heterocycles. The molecule has 0 saturated carbocycles. The van der Waals surface area contributed by atoms with Crippen LogP contribution in [0.15, 0.2) is 30.5 Å². The fourth-order valence-corrected chi connectivity index (χ4v) is 9.83. The zero-order valence-corrected chi connectivity index (χ0v) is 39.4. The smallest absolute Gasteiger partial charge is 0.408 e. The van der Waals surface area contributed by atoms with Crippen molar-refractivity contribution in [2.24, 2.45) is 10.8 Å². The van der Waals surface area contributed by atoms with Crippen LogP contribution in [0.5, 0.6) is 0 Å². The van der Waals surface area contributed by atoms with Gasteiger partial charge in [0, 0.05) is 105 Å². The number of likely N-dealkylation sites (tertiary alicyclic amines) is 2. The molecule has 15 nitrogen and oxygen atoms in total. The number of nitrogens with zero attached hydrogens (tertiary/aromatic N) is 5. The van der Waals surface area contributed by atoms with Gasteiger partial charge in [-0.3, -0.25) is 14.7 Å². The topological polar surface area (TPSA) is 146 Å². The number of carbonyl (C=O) groups excluding carboxylic acids is 3. The molecular formula is C48H70N6O9. The number of fused-ring (bicyclic) bond motifs is 1. The van der Waals surface area contributed by atoms with Crippen LogP contribution >= 0.6 is 0 Å². The predicted octanol–water partition coefficient (Wildman–Crippen LogP) is 5.95. The van der Waals surface area contributed by atoms with Gasteiger partial charge in [0.2, 0.25) is 0 Å². The van der Waals surface area contributed by atoms with Crippen molar-refractivity contribution in [1.29, 1.82) is 0 Å². The third-order valence-electron chi connectivity index (χ3n) is 13.0. The molecule has 4 atom stereocenters. The van der Waals surface area contributed by atoms with Crippen LogP contribution in [0, 0.1) is 10.8 Å². The van der Waals surface area contributed by atoms with E-state index in [0.717, 1.165) is 58.7 Å². The molecule has 63 heavy (non-hydrogen) atoms. The molecular weight excluding hydrogens is 805 g/mol. The van der Waals surface area contributed by atoms with E-state index in [-0.39, 0.29) is 30.7 Å². The molecule has 1 spiro atoms. The summed E-state index contributed by atoms with van der Waals surface area (Å²) in [4.78, 5) is 51.3. The Labute approximate surface area is 373 Å². The number of alkyl carbamates (subject to hydrolysis) is 1. The van der Waals surface area contributed by atoms with Crippen LogP contribution in [0.25, 0.3) is 22.2 Å². The van der Waals surface area contributed by atoms with E-state index in [2.05, 4.69) is 76.7 Å². The Morgan fingerprint density at radius 1 is 1.03 bits per heavy atom. The highest BCUT2D eigenvalue weighted by Gasteiger charge is 2.55. The summed E-state index contributed by atoms with van der Waals surface area (Å²) in [5.41, 5.74) is 6.38. The minimum Gasteiger partial charge on any atom is -0.465 e. The van der Waals surface area contributed by atoms with E-state index in [1.54, 1.807) is 34.8 Å². The summed E-state index contributed by atoms with van der Waals surface area (Å²) in [5.74, 6) is -0.435. The number of carbonyl (C=O) groups is 3. The van der Waals surface area contributed by atoms with Gasteiger partial charge in [0.25, 0.3) is 0 Å². The summed E-state index contributed by atoms with van der Waals surface area (Å²) in [6.07, 6.45) is 1.25. The molecule has 4 saturated heterocycles. The van der Waals surface area contributed by atoms with Crippen molar-refractivity contribution in [3.63, 3.8) is 0 Å². The van der Waals surface area contributed by atoms with Gasteiger partial charge in [0.05, 0.1) is 62.7 Å². The van der Waals surface area contributed by atoms with Gasteiger partial charge >= 0.3 is 18.0 Å². The SMILES string of the molecule is CCOC(=O)[C@@H](NC(=O)OC(C)(C)C)[C@@H]([C@H]1CN(c2ccc3c(c2)c(CC(C)(C)COC(C)=O)c(-c2cc(C4CN(C)C4)cnc2[C@H](C)OC)n3CC)CCO1)N1CC2(COC2)C1. The minimum atomic E-state index is -1.04. The molecule has 1 aromatic carbocycles. The number of methoxy groups -OCH3 is 1. The van der Waals surface area contributed by atoms with Crippen LogP contribution in [0.1, 0.15) is 91.2 Å². The van der Waals surface area contributed by atoms with Crippen LogP contribution in [0.3, 0.4) is 0 Å². The van der Waals surface area contributed by atoms with Crippen molar-refractivity contribution in [2.75, 3.05) is 91.4 Å². The molecule has 0 aliphatic carbocycles. The zero-order chi connectivity index (χ0) is 45.4. The Hall–Kier alpha value is -4.28. The van der Waals surface area contributed by atoms with E-state index < -0.39 is 41.3 Å². The minimum absolute atomic E-state index is 0.0384. The number of hydrogen-bond acceptors (Lipinski definition) is 13. The average molecular weight is 875 g/mol. The first-order valence-electron chi connectivity index (χ1n) is 22.7. The number of hydrogen-bond donors (Lipinski definition) is 1. The molecule has 1 N–H and O–H groups in total. The van der Waals surface area contributed by atoms with E-state index in [0.29, 0.717) is 58.3 Å². The van der Waals surface area contributed by atoms with Crippen molar-refractivity contribution in [3.05, 3.63) is 47.3 Å². The number of pyridine rings is 1. The van der Waals surface area contributed by atoms with Crippen LogP contribution in [0.4, 0.5) is 10.5 Å². The largest absolute Gasteiger partial charge is 0.465 e. The van der Waals surface area contributed by atoms with Gasteiger partial charge in [-0.2, -0.15) is 0 Å². The maximum atomic E-state index is 13.9. The number of aromatic nitrogens is 2. The molecule has 4 aliphatic rings. The van der Waals surface area contributed by atoms with Gasteiger partial charge in [0.15, 0.2) is 0 Å². The fraction of sp³-hybridized carbons (Fsp3) is 0.667. The fourth-order valence-electron chi connectivity index (χ4n) is 9.83. The Morgan fingerprint density at radius 2 is 1.76 bits per heavy atom. The molecule has 3 aromatic rings. The van der Waals surface area contributed by atoms with Crippen LogP contribution in [0.2, 0.25) is 0 Å². The highest BCUT2D eigenvalue weighted by atomic mass is 16.6. The van der Waals surface area contributed by atoms with Gasteiger partial charge in [-0.15, -0.1) is 0 Å². The second kappa shape index (κ2) is 18.7. The molecule has 1 amide bonds. The van der Waals surface area contributed by atoms with Crippen molar-refractivity contribution >= 4 is 34.6 Å². The molecule has 4 fully saturated rings. The van der Waals surface area contributed by atoms with Crippen LogP contribution in [-0.4, -0.2) is 148 Å². The van der Waals surface area contributed by atoms with E-state index in [1.165, 1.54) is 12.5 Å². The van der Waals surface area contributed by atoms with Gasteiger partial charge in [0.1, 0.15) is 11.6 Å². The number of nitrogens with one attached hydrogen (secondary N) is 1.